The predicted octanol–water partition coefficient (Wildman–Crippen LogP) is 3.51. The number of phenolic OH excluding ortho intramolecular Hbond substituents is 1. The quantitative estimate of drug-likeness (QED) is 0.564. The van der Waals surface area contributed by atoms with Crippen LogP contribution in [0.5, 0.6) is 5.75 Å². The highest BCUT2D eigenvalue weighted by molar-refractivity contribution is 7.17. The van der Waals surface area contributed by atoms with Crippen LogP contribution in [-0.4, -0.2) is 15.1 Å². The molecule has 102 valence electrons. The smallest absolute Gasteiger partial charge is 0.266 e. The molecule has 3 heterocycles. The molecule has 21 heavy (non-hydrogen) atoms. The van der Waals surface area contributed by atoms with Crippen molar-refractivity contribution in [2.75, 3.05) is 0 Å². The molecule has 0 aliphatic carbocycles. The third kappa shape index (κ3) is 1.75. The van der Waals surface area contributed by atoms with Crippen molar-refractivity contribution in [2.24, 2.45) is 0 Å². The van der Waals surface area contributed by atoms with Gasteiger partial charge < -0.3 is 10.1 Å². The molecular formula is C16H10N2O2S. The number of aromatic amines is 1. The summed E-state index contributed by atoms with van der Waals surface area (Å²) in [5, 5.41) is 13.9. The molecule has 4 aromatic rings. The van der Waals surface area contributed by atoms with Crippen molar-refractivity contribution in [1.29, 1.82) is 0 Å². The standard InChI is InChI=1S/C16H10N2O2S/c19-12-2-1-11-14(13(12)9-3-6-17-7-4-9)10-5-8-21-15(10)16(20)18-11/h1-8,19H,(H,18,20). The van der Waals surface area contributed by atoms with E-state index >= 15 is 0 Å². The Morgan fingerprint density at radius 1 is 1.10 bits per heavy atom. The second-order valence-corrected chi connectivity index (χ2v) is 5.65. The van der Waals surface area contributed by atoms with E-state index in [1.54, 1.807) is 24.5 Å². The average molecular weight is 294 g/mol. The molecule has 0 atom stereocenters. The Bertz CT molecular complexity index is 1020. The minimum Gasteiger partial charge on any atom is -0.507 e. The molecule has 0 saturated heterocycles. The Morgan fingerprint density at radius 3 is 2.71 bits per heavy atom. The number of phenols is 1. The van der Waals surface area contributed by atoms with Crippen molar-refractivity contribution in [3.05, 3.63) is 58.5 Å². The van der Waals surface area contributed by atoms with Crippen molar-refractivity contribution in [1.82, 2.24) is 9.97 Å². The van der Waals surface area contributed by atoms with Gasteiger partial charge in [-0.3, -0.25) is 9.78 Å². The second kappa shape index (κ2) is 4.43. The molecule has 4 nitrogen and oxygen atoms in total. The predicted molar refractivity (Wildman–Crippen MR) is 84.8 cm³/mol. The number of aromatic nitrogens is 2. The highest BCUT2D eigenvalue weighted by Gasteiger charge is 2.14. The fraction of sp³-hybridized carbons (Fsp3) is 0. The van der Waals surface area contributed by atoms with Crippen LogP contribution in [0.4, 0.5) is 0 Å². The van der Waals surface area contributed by atoms with Crippen LogP contribution in [0.2, 0.25) is 0 Å². The summed E-state index contributed by atoms with van der Waals surface area (Å²) in [6, 6.07) is 8.94. The van der Waals surface area contributed by atoms with Gasteiger partial charge in [-0.25, -0.2) is 0 Å². The van der Waals surface area contributed by atoms with Gasteiger partial charge in [0.1, 0.15) is 10.4 Å². The molecule has 0 aliphatic rings. The highest BCUT2D eigenvalue weighted by Crippen LogP contribution is 2.39. The van der Waals surface area contributed by atoms with E-state index in [1.807, 2.05) is 23.6 Å². The number of fused-ring (bicyclic) bond motifs is 3. The number of benzene rings is 1. The lowest BCUT2D eigenvalue weighted by Crippen LogP contribution is -2.04. The lowest BCUT2D eigenvalue weighted by atomic mass is 9.98. The number of hydrogen-bond acceptors (Lipinski definition) is 4. The first kappa shape index (κ1) is 12.1. The topological polar surface area (TPSA) is 66.0 Å². The summed E-state index contributed by atoms with van der Waals surface area (Å²) >= 11 is 1.40. The molecule has 3 aromatic heterocycles. The second-order valence-electron chi connectivity index (χ2n) is 4.74. The molecule has 0 radical (unpaired) electrons. The largest absolute Gasteiger partial charge is 0.507 e. The van der Waals surface area contributed by atoms with Gasteiger partial charge in [0.05, 0.1) is 0 Å². The van der Waals surface area contributed by atoms with Crippen LogP contribution in [0.1, 0.15) is 0 Å². The molecule has 0 fully saturated rings. The van der Waals surface area contributed by atoms with Crippen LogP contribution < -0.4 is 5.56 Å². The zero-order valence-corrected chi connectivity index (χ0v) is 11.6. The minimum absolute atomic E-state index is 0.0983. The summed E-state index contributed by atoms with van der Waals surface area (Å²) in [4.78, 5) is 19.0. The van der Waals surface area contributed by atoms with Crippen LogP contribution in [0.3, 0.4) is 0 Å². The number of H-pyrrole nitrogens is 1. The number of hydrogen-bond donors (Lipinski definition) is 2. The summed E-state index contributed by atoms with van der Waals surface area (Å²) in [6.07, 6.45) is 3.37. The first-order valence-electron chi connectivity index (χ1n) is 6.41. The fourth-order valence-corrected chi connectivity index (χ4v) is 3.44. The summed E-state index contributed by atoms with van der Waals surface area (Å²) in [5.74, 6) is 0.188. The molecule has 2 N–H and O–H groups in total. The molecule has 0 aliphatic heterocycles. The summed E-state index contributed by atoms with van der Waals surface area (Å²) in [7, 11) is 0. The molecule has 5 heteroatoms. The van der Waals surface area contributed by atoms with E-state index in [9.17, 15) is 9.90 Å². The Balaban J connectivity index is 2.27. The molecule has 0 bridgehead atoms. The van der Waals surface area contributed by atoms with Crippen LogP contribution >= 0.6 is 11.3 Å². The molecule has 0 amide bonds. The van der Waals surface area contributed by atoms with E-state index in [1.165, 1.54) is 11.3 Å². The maximum atomic E-state index is 12.1. The van der Waals surface area contributed by atoms with Gasteiger partial charge >= 0.3 is 0 Å². The van der Waals surface area contributed by atoms with Crippen LogP contribution in [0.25, 0.3) is 32.1 Å². The average Bonchev–Trinajstić information content (AvgIpc) is 2.99. The van der Waals surface area contributed by atoms with E-state index in [0.717, 1.165) is 27.4 Å². The number of nitrogens with zero attached hydrogens (tertiary/aromatic N) is 1. The number of thiophene rings is 1. The third-order valence-electron chi connectivity index (χ3n) is 3.54. The first-order valence-corrected chi connectivity index (χ1v) is 7.29. The Morgan fingerprint density at radius 2 is 1.90 bits per heavy atom. The zero-order chi connectivity index (χ0) is 14.4. The van der Waals surface area contributed by atoms with Crippen LogP contribution in [0.15, 0.2) is 52.9 Å². The molecule has 4 rings (SSSR count). The SMILES string of the molecule is O=c1[nH]c2ccc(O)c(-c3ccncc3)c2c2ccsc12. The van der Waals surface area contributed by atoms with Gasteiger partial charge in [-0.15, -0.1) is 11.3 Å². The van der Waals surface area contributed by atoms with Crippen LogP contribution in [0, 0.1) is 0 Å². The maximum Gasteiger partial charge on any atom is 0.266 e. The normalized spacial score (nSPS) is 11.2. The Hall–Kier alpha value is -2.66. The fourth-order valence-electron chi connectivity index (χ4n) is 2.65. The molecule has 0 spiro atoms. The third-order valence-corrected chi connectivity index (χ3v) is 4.45. The summed E-state index contributed by atoms with van der Waals surface area (Å²) in [6.45, 7) is 0. The lowest BCUT2D eigenvalue weighted by Gasteiger charge is -2.10. The van der Waals surface area contributed by atoms with Gasteiger partial charge in [0, 0.05) is 34.2 Å². The van der Waals surface area contributed by atoms with Crippen molar-refractivity contribution in [3.63, 3.8) is 0 Å². The van der Waals surface area contributed by atoms with Gasteiger partial charge in [0.15, 0.2) is 0 Å². The molecular weight excluding hydrogens is 284 g/mol. The van der Waals surface area contributed by atoms with Gasteiger partial charge in [-0.05, 0) is 41.3 Å². The van der Waals surface area contributed by atoms with Gasteiger partial charge in [-0.2, -0.15) is 0 Å². The summed E-state index contributed by atoms with van der Waals surface area (Å²) in [5.41, 5.74) is 2.21. The zero-order valence-electron chi connectivity index (χ0n) is 10.8. The number of nitrogens with one attached hydrogen (secondary N) is 1. The van der Waals surface area contributed by atoms with Crippen molar-refractivity contribution in [3.8, 4) is 16.9 Å². The maximum absolute atomic E-state index is 12.1. The Labute approximate surface area is 123 Å². The van der Waals surface area contributed by atoms with E-state index < -0.39 is 0 Å². The summed E-state index contributed by atoms with van der Waals surface area (Å²) < 4.78 is 0.670. The van der Waals surface area contributed by atoms with Gasteiger partial charge in [0.2, 0.25) is 0 Å². The lowest BCUT2D eigenvalue weighted by molar-refractivity contribution is 0.478. The van der Waals surface area contributed by atoms with Crippen LogP contribution in [-0.2, 0) is 0 Å². The van der Waals surface area contributed by atoms with Crippen molar-refractivity contribution >= 4 is 32.3 Å². The highest BCUT2D eigenvalue weighted by atomic mass is 32.1. The molecule has 1 aromatic carbocycles. The van der Waals surface area contributed by atoms with Crippen molar-refractivity contribution < 1.29 is 5.11 Å². The van der Waals surface area contributed by atoms with Crippen molar-refractivity contribution in [2.45, 2.75) is 0 Å². The van der Waals surface area contributed by atoms with Gasteiger partial charge in [-0.1, -0.05) is 0 Å². The number of pyridine rings is 2. The first-order chi connectivity index (χ1) is 10.3. The van der Waals surface area contributed by atoms with E-state index in [4.69, 9.17) is 0 Å². The van der Waals surface area contributed by atoms with E-state index in [2.05, 4.69) is 9.97 Å². The Kier molecular flexibility index (Phi) is 2.55. The van der Waals surface area contributed by atoms with E-state index in [-0.39, 0.29) is 11.3 Å². The molecule has 0 saturated carbocycles. The monoisotopic (exact) mass is 294 g/mol. The van der Waals surface area contributed by atoms with E-state index in [0.29, 0.717) is 4.70 Å². The minimum atomic E-state index is -0.0983. The number of aromatic hydroxyl groups is 1. The molecule has 0 unspecified atom stereocenters. The van der Waals surface area contributed by atoms with Gasteiger partial charge in [0.25, 0.3) is 5.56 Å². The number of rotatable bonds is 1.